The SMILES string of the molecule is CCNCCCCc1ccc(OC)c(OC)c1. The van der Waals surface area contributed by atoms with E-state index in [9.17, 15) is 0 Å². The molecule has 0 radical (unpaired) electrons. The molecule has 0 aliphatic heterocycles. The molecule has 3 nitrogen and oxygen atoms in total. The number of methoxy groups -OCH3 is 2. The molecule has 3 heteroatoms. The third kappa shape index (κ3) is 4.65. The molecule has 0 amide bonds. The van der Waals surface area contributed by atoms with Gasteiger partial charge in [-0.15, -0.1) is 0 Å². The Hall–Kier alpha value is -1.22. The van der Waals surface area contributed by atoms with E-state index in [2.05, 4.69) is 24.4 Å². The van der Waals surface area contributed by atoms with Crippen LogP contribution in [0.5, 0.6) is 11.5 Å². The van der Waals surface area contributed by atoms with E-state index in [-0.39, 0.29) is 0 Å². The number of aryl methyl sites for hydroxylation is 1. The number of rotatable bonds is 8. The molecule has 1 N–H and O–H groups in total. The van der Waals surface area contributed by atoms with Crippen molar-refractivity contribution >= 4 is 0 Å². The lowest BCUT2D eigenvalue weighted by atomic mass is 10.1. The summed E-state index contributed by atoms with van der Waals surface area (Å²) in [6.07, 6.45) is 3.50. The van der Waals surface area contributed by atoms with E-state index in [4.69, 9.17) is 9.47 Å². The predicted octanol–water partition coefficient (Wildman–Crippen LogP) is 2.64. The summed E-state index contributed by atoms with van der Waals surface area (Å²) >= 11 is 0. The fraction of sp³-hybridized carbons (Fsp3) is 0.571. The number of hydrogen-bond donors (Lipinski definition) is 1. The number of nitrogens with one attached hydrogen (secondary N) is 1. The van der Waals surface area contributed by atoms with Crippen molar-refractivity contribution in [3.63, 3.8) is 0 Å². The van der Waals surface area contributed by atoms with E-state index >= 15 is 0 Å². The Morgan fingerprint density at radius 3 is 2.47 bits per heavy atom. The molecule has 0 saturated heterocycles. The van der Waals surface area contributed by atoms with Crippen molar-refractivity contribution in [3.8, 4) is 11.5 Å². The fourth-order valence-corrected chi connectivity index (χ4v) is 1.79. The van der Waals surface area contributed by atoms with Gasteiger partial charge in [-0.3, -0.25) is 0 Å². The molecule has 0 fully saturated rings. The largest absolute Gasteiger partial charge is 0.493 e. The van der Waals surface area contributed by atoms with E-state index in [0.717, 1.165) is 31.0 Å². The van der Waals surface area contributed by atoms with Gasteiger partial charge in [-0.2, -0.15) is 0 Å². The van der Waals surface area contributed by atoms with E-state index in [1.54, 1.807) is 14.2 Å². The normalized spacial score (nSPS) is 10.3. The van der Waals surface area contributed by atoms with Crippen LogP contribution in [-0.2, 0) is 6.42 Å². The molecule has 17 heavy (non-hydrogen) atoms. The van der Waals surface area contributed by atoms with E-state index < -0.39 is 0 Å². The zero-order chi connectivity index (χ0) is 12.5. The van der Waals surface area contributed by atoms with Crippen LogP contribution >= 0.6 is 0 Å². The summed E-state index contributed by atoms with van der Waals surface area (Å²) in [5.74, 6) is 1.61. The standard InChI is InChI=1S/C14H23NO2/c1-4-15-10-6-5-7-12-8-9-13(16-2)14(11-12)17-3/h8-9,11,15H,4-7,10H2,1-3H3. The maximum absolute atomic E-state index is 5.28. The first-order valence-electron chi connectivity index (χ1n) is 6.23. The van der Waals surface area contributed by atoms with Crippen LogP contribution in [0.1, 0.15) is 25.3 Å². The third-order valence-electron chi connectivity index (χ3n) is 2.77. The van der Waals surface area contributed by atoms with Crippen LogP contribution in [-0.4, -0.2) is 27.3 Å². The number of benzene rings is 1. The highest BCUT2D eigenvalue weighted by Gasteiger charge is 2.03. The molecule has 1 aromatic rings. The minimum absolute atomic E-state index is 0.795. The Bertz CT molecular complexity index is 326. The molecular formula is C14H23NO2. The van der Waals surface area contributed by atoms with Crippen LogP contribution in [0.4, 0.5) is 0 Å². The lowest BCUT2D eigenvalue weighted by molar-refractivity contribution is 0.354. The molecule has 0 atom stereocenters. The van der Waals surface area contributed by atoms with E-state index in [1.165, 1.54) is 18.4 Å². The van der Waals surface area contributed by atoms with Gasteiger partial charge in [-0.1, -0.05) is 13.0 Å². The molecule has 1 aromatic carbocycles. The maximum atomic E-state index is 5.28. The van der Waals surface area contributed by atoms with Crippen LogP contribution in [0, 0.1) is 0 Å². The second-order valence-corrected chi connectivity index (χ2v) is 4.00. The summed E-state index contributed by atoms with van der Waals surface area (Å²) in [7, 11) is 3.33. The molecule has 0 unspecified atom stereocenters. The summed E-state index contributed by atoms with van der Waals surface area (Å²) in [6.45, 7) is 4.29. The van der Waals surface area contributed by atoms with Gasteiger partial charge < -0.3 is 14.8 Å². The summed E-state index contributed by atoms with van der Waals surface area (Å²) in [5.41, 5.74) is 1.30. The Morgan fingerprint density at radius 2 is 1.82 bits per heavy atom. The highest BCUT2D eigenvalue weighted by Crippen LogP contribution is 2.27. The Balaban J connectivity index is 2.43. The molecule has 0 aliphatic rings. The van der Waals surface area contributed by atoms with Gasteiger partial charge in [0.25, 0.3) is 0 Å². The molecule has 1 rings (SSSR count). The first kappa shape index (κ1) is 13.8. The smallest absolute Gasteiger partial charge is 0.160 e. The highest BCUT2D eigenvalue weighted by atomic mass is 16.5. The van der Waals surface area contributed by atoms with Gasteiger partial charge in [0.1, 0.15) is 0 Å². The monoisotopic (exact) mass is 237 g/mol. The Labute approximate surface area is 104 Å². The first-order chi connectivity index (χ1) is 8.31. The van der Waals surface area contributed by atoms with Crippen molar-refractivity contribution in [2.45, 2.75) is 26.2 Å². The summed E-state index contributed by atoms with van der Waals surface area (Å²) < 4.78 is 10.5. The zero-order valence-electron chi connectivity index (χ0n) is 11.1. The molecule has 0 spiro atoms. The van der Waals surface area contributed by atoms with Crippen molar-refractivity contribution in [2.75, 3.05) is 27.3 Å². The summed E-state index contributed by atoms with van der Waals surface area (Å²) in [4.78, 5) is 0. The molecule has 0 aliphatic carbocycles. The molecule has 0 heterocycles. The predicted molar refractivity (Wildman–Crippen MR) is 71.0 cm³/mol. The minimum atomic E-state index is 0.795. The van der Waals surface area contributed by atoms with Gasteiger partial charge in [-0.25, -0.2) is 0 Å². The zero-order valence-corrected chi connectivity index (χ0v) is 11.1. The average molecular weight is 237 g/mol. The van der Waals surface area contributed by atoms with Crippen molar-refractivity contribution in [3.05, 3.63) is 23.8 Å². The number of unbranched alkanes of at least 4 members (excludes halogenated alkanes) is 1. The van der Waals surface area contributed by atoms with Crippen LogP contribution in [0.15, 0.2) is 18.2 Å². The second kappa shape index (κ2) is 7.96. The minimum Gasteiger partial charge on any atom is -0.493 e. The van der Waals surface area contributed by atoms with Gasteiger partial charge in [0.05, 0.1) is 14.2 Å². The molecule has 96 valence electrons. The Kier molecular flexibility index (Phi) is 6.48. The van der Waals surface area contributed by atoms with Gasteiger partial charge in [-0.05, 0) is 50.0 Å². The van der Waals surface area contributed by atoms with Crippen molar-refractivity contribution in [1.82, 2.24) is 5.32 Å². The third-order valence-corrected chi connectivity index (χ3v) is 2.77. The highest BCUT2D eigenvalue weighted by molar-refractivity contribution is 5.42. The molecule has 0 aromatic heterocycles. The second-order valence-electron chi connectivity index (χ2n) is 4.00. The molecule has 0 bridgehead atoms. The summed E-state index contributed by atoms with van der Waals surface area (Å²) in [5, 5.41) is 3.33. The number of hydrogen-bond acceptors (Lipinski definition) is 3. The fourth-order valence-electron chi connectivity index (χ4n) is 1.79. The van der Waals surface area contributed by atoms with Crippen LogP contribution in [0.3, 0.4) is 0 Å². The summed E-state index contributed by atoms with van der Waals surface area (Å²) in [6, 6.07) is 6.14. The topological polar surface area (TPSA) is 30.5 Å². The van der Waals surface area contributed by atoms with E-state index in [1.807, 2.05) is 6.07 Å². The van der Waals surface area contributed by atoms with Gasteiger partial charge >= 0.3 is 0 Å². The van der Waals surface area contributed by atoms with Crippen molar-refractivity contribution in [1.29, 1.82) is 0 Å². The molecular weight excluding hydrogens is 214 g/mol. The lowest BCUT2D eigenvalue weighted by Crippen LogP contribution is -2.13. The quantitative estimate of drug-likeness (QED) is 0.705. The van der Waals surface area contributed by atoms with Crippen LogP contribution < -0.4 is 14.8 Å². The Morgan fingerprint density at radius 1 is 1.06 bits per heavy atom. The van der Waals surface area contributed by atoms with Gasteiger partial charge in [0.15, 0.2) is 11.5 Å². The van der Waals surface area contributed by atoms with Gasteiger partial charge in [0.2, 0.25) is 0 Å². The van der Waals surface area contributed by atoms with Gasteiger partial charge in [0, 0.05) is 0 Å². The van der Waals surface area contributed by atoms with E-state index in [0.29, 0.717) is 0 Å². The average Bonchev–Trinajstić information content (AvgIpc) is 2.38. The van der Waals surface area contributed by atoms with Crippen molar-refractivity contribution < 1.29 is 9.47 Å². The maximum Gasteiger partial charge on any atom is 0.160 e. The van der Waals surface area contributed by atoms with Crippen molar-refractivity contribution in [2.24, 2.45) is 0 Å². The number of ether oxygens (including phenoxy) is 2. The van der Waals surface area contributed by atoms with Crippen LogP contribution in [0.25, 0.3) is 0 Å². The van der Waals surface area contributed by atoms with Crippen LogP contribution in [0.2, 0.25) is 0 Å². The lowest BCUT2D eigenvalue weighted by Gasteiger charge is -2.09. The molecule has 0 saturated carbocycles. The first-order valence-corrected chi connectivity index (χ1v) is 6.23.